The number of thioether (sulfide) groups is 1. The van der Waals surface area contributed by atoms with Crippen LogP contribution in [0.5, 0.6) is 5.75 Å². The lowest BCUT2D eigenvalue weighted by atomic mass is 10.2. The molecule has 2 N–H and O–H groups in total. The lowest BCUT2D eigenvalue weighted by Gasteiger charge is -2.12. The minimum atomic E-state index is -1.14. The van der Waals surface area contributed by atoms with E-state index in [9.17, 15) is 19.2 Å². The minimum Gasteiger partial charge on any atom is -0.480 e. The number of benzene rings is 2. The Morgan fingerprint density at radius 2 is 1.90 bits per heavy atom. The third-order valence-corrected chi connectivity index (χ3v) is 5.04. The Morgan fingerprint density at radius 1 is 1.17 bits per heavy atom. The second kappa shape index (κ2) is 9.47. The first-order valence-corrected chi connectivity index (χ1v) is 9.77. The van der Waals surface area contributed by atoms with E-state index < -0.39 is 36.2 Å². The van der Waals surface area contributed by atoms with Gasteiger partial charge in [-0.05, 0) is 47.7 Å². The Morgan fingerprint density at radius 3 is 2.57 bits per heavy atom. The Hall–Kier alpha value is -3.30. The van der Waals surface area contributed by atoms with E-state index in [1.54, 1.807) is 36.4 Å². The highest BCUT2D eigenvalue weighted by molar-refractivity contribution is 8.18. The number of nitrogens with zero attached hydrogens (tertiary/aromatic N) is 1. The molecule has 0 spiro atoms. The molecule has 0 atom stereocenters. The lowest BCUT2D eigenvalue weighted by Crippen LogP contribution is -2.36. The molecule has 30 heavy (non-hydrogen) atoms. The molecule has 1 aliphatic heterocycles. The van der Waals surface area contributed by atoms with Crippen molar-refractivity contribution in [1.29, 1.82) is 0 Å². The van der Waals surface area contributed by atoms with Crippen LogP contribution in [0.15, 0.2) is 53.4 Å². The van der Waals surface area contributed by atoms with Crippen molar-refractivity contribution in [3.63, 3.8) is 0 Å². The maximum Gasteiger partial charge on any atom is 0.341 e. The standard InChI is InChI=1S/C20H15ClN2O6S/c21-14-8-12(6-7-15(14)29-11-18(25)26)9-16-19(27)23(20(28)30-16)10-17(24)22-13-4-2-1-3-5-13/h1-9H,10-11H2,(H,22,24)(H,25,26)/b16-9-. The fourth-order valence-electron chi connectivity index (χ4n) is 2.52. The molecule has 0 aromatic heterocycles. The van der Waals surface area contributed by atoms with Crippen molar-refractivity contribution >= 4 is 58.1 Å². The van der Waals surface area contributed by atoms with E-state index in [1.165, 1.54) is 18.2 Å². The Bertz CT molecular complexity index is 1040. The van der Waals surface area contributed by atoms with Crippen molar-refractivity contribution in [3.8, 4) is 5.75 Å². The largest absolute Gasteiger partial charge is 0.480 e. The summed E-state index contributed by atoms with van der Waals surface area (Å²) in [6.45, 7) is -0.942. The predicted molar refractivity (Wildman–Crippen MR) is 112 cm³/mol. The van der Waals surface area contributed by atoms with Gasteiger partial charge in [-0.15, -0.1) is 0 Å². The van der Waals surface area contributed by atoms with Crippen LogP contribution in [0.4, 0.5) is 10.5 Å². The summed E-state index contributed by atoms with van der Waals surface area (Å²) in [7, 11) is 0. The highest BCUT2D eigenvalue weighted by Crippen LogP contribution is 2.33. The summed E-state index contributed by atoms with van der Waals surface area (Å²) in [5.41, 5.74) is 1.08. The molecule has 0 saturated carbocycles. The van der Waals surface area contributed by atoms with E-state index in [-0.39, 0.29) is 15.7 Å². The van der Waals surface area contributed by atoms with Gasteiger partial charge in [-0.3, -0.25) is 19.3 Å². The number of rotatable bonds is 7. The smallest absolute Gasteiger partial charge is 0.341 e. The number of anilines is 1. The number of ether oxygens (including phenoxy) is 1. The van der Waals surface area contributed by atoms with Gasteiger partial charge in [0.05, 0.1) is 9.93 Å². The summed E-state index contributed by atoms with van der Waals surface area (Å²) >= 11 is 6.78. The molecule has 2 aromatic carbocycles. The van der Waals surface area contributed by atoms with Crippen LogP contribution in [0.3, 0.4) is 0 Å². The van der Waals surface area contributed by atoms with Gasteiger partial charge in [0.1, 0.15) is 12.3 Å². The van der Waals surface area contributed by atoms with Gasteiger partial charge < -0.3 is 15.2 Å². The zero-order chi connectivity index (χ0) is 21.7. The molecule has 1 fully saturated rings. The van der Waals surface area contributed by atoms with E-state index in [1.807, 2.05) is 0 Å². The SMILES string of the molecule is O=C(O)COc1ccc(/C=C2\SC(=O)N(CC(=O)Nc3ccccc3)C2=O)cc1Cl. The monoisotopic (exact) mass is 446 g/mol. The zero-order valence-corrected chi connectivity index (χ0v) is 16.9. The number of imide groups is 1. The molecule has 2 aromatic rings. The van der Waals surface area contributed by atoms with Crippen molar-refractivity contribution in [2.24, 2.45) is 0 Å². The van der Waals surface area contributed by atoms with Gasteiger partial charge in [-0.2, -0.15) is 0 Å². The van der Waals surface area contributed by atoms with Crippen molar-refractivity contribution in [2.45, 2.75) is 0 Å². The summed E-state index contributed by atoms with van der Waals surface area (Å²) in [4.78, 5) is 48.5. The summed E-state index contributed by atoms with van der Waals surface area (Å²) < 4.78 is 5.04. The molecule has 0 bridgehead atoms. The highest BCUT2D eigenvalue weighted by Gasteiger charge is 2.36. The third-order valence-electron chi connectivity index (χ3n) is 3.84. The van der Waals surface area contributed by atoms with Crippen LogP contribution in [0, 0.1) is 0 Å². The average molecular weight is 447 g/mol. The first-order valence-electron chi connectivity index (χ1n) is 8.58. The molecule has 1 heterocycles. The number of carbonyl (C=O) groups is 4. The van der Waals surface area contributed by atoms with Gasteiger partial charge in [0.15, 0.2) is 6.61 Å². The quantitative estimate of drug-likeness (QED) is 0.626. The zero-order valence-electron chi connectivity index (χ0n) is 15.3. The maximum absolute atomic E-state index is 12.6. The number of hydrogen-bond acceptors (Lipinski definition) is 6. The molecule has 0 aliphatic carbocycles. The average Bonchev–Trinajstić information content (AvgIpc) is 2.95. The van der Waals surface area contributed by atoms with E-state index in [0.717, 1.165) is 4.90 Å². The van der Waals surface area contributed by atoms with Crippen LogP contribution in [0.2, 0.25) is 5.02 Å². The lowest BCUT2D eigenvalue weighted by molar-refractivity contribution is -0.139. The topological polar surface area (TPSA) is 113 Å². The number of amides is 3. The number of carbonyl (C=O) groups excluding carboxylic acids is 3. The Kier molecular flexibility index (Phi) is 6.76. The van der Waals surface area contributed by atoms with Crippen molar-refractivity contribution in [3.05, 3.63) is 64.0 Å². The van der Waals surface area contributed by atoms with Gasteiger partial charge in [-0.25, -0.2) is 4.79 Å². The van der Waals surface area contributed by atoms with Gasteiger partial charge in [0.2, 0.25) is 5.91 Å². The fraction of sp³-hybridized carbons (Fsp3) is 0.100. The number of aliphatic carboxylic acids is 1. The molecule has 10 heteroatoms. The van der Waals surface area contributed by atoms with Gasteiger partial charge in [0.25, 0.3) is 11.1 Å². The van der Waals surface area contributed by atoms with E-state index in [2.05, 4.69) is 5.32 Å². The van der Waals surface area contributed by atoms with E-state index >= 15 is 0 Å². The summed E-state index contributed by atoms with van der Waals surface area (Å²) in [5.74, 6) is -2.04. The molecule has 3 amide bonds. The summed E-state index contributed by atoms with van der Waals surface area (Å²) in [6.07, 6.45) is 1.47. The molecule has 3 rings (SSSR count). The van der Waals surface area contributed by atoms with Gasteiger partial charge >= 0.3 is 5.97 Å². The molecule has 0 radical (unpaired) electrons. The molecule has 8 nitrogen and oxygen atoms in total. The van der Waals surface area contributed by atoms with E-state index in [0.29, 0.717) is 23.0 Å². The predicted octanol–water partition coefficient (Wildman–Crippen LogP) is 3.48. The maximum atomic E-state index is 12.6. The second-order valence-corrected chi connectivity index (χ2v) is 7.45. The first-order chi connectivity index (χ1) is 14.3. The van der Waals surface area contributed by atoms with Crippen molar-refractivity contribution < 1.29 is 29.0 Å². The van der Waals surface area contributed by atoms with Crippen LogP contribution < -0.4 is 10.1 Å². The number of nitrogens with one attached hydrogen (secondary N) is 1. The number of para-hydroxylation sites is 1. The summed E-state index contributed by atoms with van der Waals surface area (Å²) in [6, 6.07) is 13.2. The molecule has 154 valence electrons. The molecule has 1 aliphatic rings. The highest BCUT2D eigenvalue weighted by atomic mass is 35.5. The first kappa shape index (κ1) is 21.4. The molecule has 0 unspecified atom stereocenters. The Balaban J connectivity index is 1.68. The van der Waals surface area contributed by atoms with Crippen LogP contribution in [-0.4, -0.2) is 46.2 Å². The number of carboxylic acids is 1. The van der Waals surface area contributed by atoms with Crippen molar-refractivity contribution in [1.82, 2.24) is 4.90 Å². The van der Waals surface area contributed by atoms with E-state index in [4.69, 9.17) is 21.4 Å². The number of halogens is 1. The Labute approximate surface area is 180 Å². The summed E-state index contributed by atoms with van der Waals surface area (Å²) in [5, 5.41) is 10.9. The molecular weight excluding hydrogens is 432 g/mol. The normalized spacial score (nSPS) is 14.8. The third kappa shape index (κ3) is 5.40. The molecular formula is C20H15ClN2O6S. The number of carboxylic acid groups (broad SMARTS) is 1. The minimum absolute atomic E-state index is 0.141. The van der Waals surface area contributed by atoms with Gasteiger partial charge in [0, 0.05) is 5.69 Å². The second-order valence-electron chi connectivity index (χ2n) is 6.05. The number of hydrogen-bond donors (Lipinski definition) is 2. The fourth-order valence-corrected chi connectivity index (χ4v) is 3.60. The van der Waals surface area contributed by atoms with Crippen LogP contribution >= 0.6 is 23.4 Å². The van der Waals surface area contributed by atoms with Gasteiger partial charge in [-0.1, -0.05) is 35.9 Å². The van der Waals surface area contributed by atoms with Crippen molar-refractivity contribution in [2.75, 3.05) is 18.5 Å². The van der Waals surface area contributed by atoms with Crippen LogP contribution in [-0.2, 0) is 14.4 Å². The van der Waals surface area contributed by atoms with Crippen LogP contribution in [0.25, 0.3) is 6.08 Å². The molecule has 1 saturated heterocycles. The van der Waals surface area contributed by atoms with Crippen LogP contribution in [0.1, 0.15) is 5.56 Å².